The van der Waals surface area contributed by atoms with Crippen LogP contribution in [0.1, 0.15) is 15.2 Å². The molecule has 0 saturated carbocycles. The number of pyridine rings is 1. The number of thiophene rings is 1. The molecule has 5 heteroatoms. The number of benzene rings is 2. The van der Waals surface area contributed by atoms with Crippen molar-refractivity contribution in [2.75, 3.05) is 11.9 Å². The molecular formula is C20H15ClN2OS. The Morgan fingerprint density at radius 2 is 1.80 bits per heavy atom. The second-order valence-corrected chi connectivity index (χ2v) is 7.33. The summed E-state index contributed by atoms with van der Waals surface area (Å²) in [6.45, 7) is 2.00. The van der Waals surface area contributed by atoms with Crippen molar-refractivity contribution in [1.29, 1.82) is 0 Å². The van der Waals surface area contributed by atoms with Gasteiger partial charge in [0.2, 0.25) is 0 Å². The van der Waals surface area contributed by atoms with E-state index in [0.717, 1.165) is 32.2 Å². The van der Waals surface area contributed by atoms with Gasteiger partial charge in [0.1, 0.15) is 5.15 Å². The van der Waals surface area contributed by atoms with Crippen LogP contribution in [0, 0.1) is 6.92 Å². The molecule has 0 unspecified atom stereocenters. The maximum atomic E-state index is 13.0. The van der Waals surface area contributed by atoms with Crippen molar-refractivity contribution in [3.8, 4) is 0 Å². The van der Waals surface area contributed by atoms with Crippen LogP contribution in [0.15, 0.2) is 54.6 Å². The Kier molecular flexibility index (Phi) is 3.94. The molecule has 25 heavy (non-hydrogen) atoms. The highest BCUT2D eigenvalue weighted by Crippen LogP contribution is 2.36. The first kappa shape index (κ1) is 16.1. The van der Waals surface area contributed by atoms with E-state index in [1.807, 2.05) is 61.5 Å². The van der Waals surface area contributed by atoms with Gasteiger partial charge in [-0.15, -0.1) is 11.3 Å². The van der Waals surface area contributed by atoms with Crippen LogP contribution in [0.25, 0.3) is 21.0 Å². The summed E-state index contributed by atoms with van der Waals surface area (Å²) in [6, 6.07) is 17.5. The van der Waals surface area contributed by atoms with Gasteiger partial charge in [-0.3, -0.25) is 4.79 Å². The van der Waals surface area contributed by atoms with Gasteiger partial charge in [0.15, 0.2) is 0 Å². The average Bonchev–Trinajstić information content (AvgIpc) is 3.07. The van der Waals surface area contributed by atoms with Crippen LogP contribution >= 0.6 is 22.9 Å². The molecule has 0 aliphatic heterocycles. The number of hydrogen-bond acceptors (Lipinski definition) is 3. The van der Waals surface area contributed by atoms with Crippen molar-refractivity contribution < 1.29 is 4.79 Å². The second kappa shape index (κ2) is 6.14. The molecule has 0 aliphatic carbocycles. The number of anilines is 1. The Morgan fingerprint density at radius 1 is 1.08 bits per heavy atom. The largest absolute Gasteiger partial charge is 0.310 e. The van der Waals surface area contributed by atoms with E-state index in [4.69, 9.17) is 11.6 Å². The van der Waals surface area contributed by atoms with E-state index < -0.39 is 0 Å². The molecule has 0 saturated heterocycles. The van der Waals surface area contributed by atoms with Crippen molar-refractivity contribution in [2.45, 2.75) is 6.92 Å². The van der Waals surface area contributed by atoms with E-state index in [1.54, 1.807) is 11.9 Å². The smallest absolute Gasteiger partial charge is 0.268 e. The van der Waals surface area contributed by atoms with Crippen molar-refractivity contribution in [2.24, 2.45) is 0 Å². The van der Waals surface area contributed by atoms with Gasteiger partial charge in [0, 0.05) is 28.2 Å². The van der Waals surface area contributed by atoms with Gasteiger partial charge in [-0.1, -0.05) is 48.0 Å². The summed E-state index contributed by atoms with van der Waals surface area (Å²) in [5.74, 6) is -0.0457. The average molecular weight is 367 g/mol. The fraction of sp³-hybridized carbons (Fsp3) is 0.100. The van der Waals surface area contributed by atoms with Gasteiger partial charge >= 0.3 is 0 Å². The summed E-state index contributed by atoms with van der Waals surface area (Å²) in [4.78, 5) is 19.8. The summed E-state index contributed by atoms with van der Waals surface area (Å²) in [5, 5.41) is 2.28. The molecule has 2 aromatic heterocycles. The lowest BCUT2D eigenvalue weighted by Gasteiger charge is -2.18. The number of carbonyl (C=O) groups excluding carboxylic acids is 1. The number of rotatable bonds is 2. The van der Waals surface area contributed by atoms with Crippen LogP contribution in [0.5, 0.6) is 0 Å². The number of para-hydroxylation sites is 2. The fourth-order valence-electron chi connectivity index (χ4n) is 2.99. The number of fused-ring (bicyclic) bond motifs is 3. The van der Waals surface area contributed by atoms with Crippen LogP contribution in [0.4, 0.5) is 5.69 Å². The fourth-order valence-corrected chi connectivity index (χ4v) is 4.46. The van der Waals surface area contributed by atoms with Crippen molar-refractivity contribution >= 4 is 55.5 Å². The number of nitrogens with zero attached hydrogens (tertiary/aromatic N) is 2. The zero-order chi connectivity index (χ0) is 17.6. The number of halogens is 1. The minimum Gasteiger partial charge on any atom is -0.310 e. The monoisotopic (exact) mass is 366 g/mol. The predicted molar refractivity (Wildman–Crippen MR) is 106 cm³/mol. The maximum absolute atomic E-state index is 13.0. The quantitative estimate of drug-likeness (QED) is 0.427. The minimum atomic E-state index is -0.0457. The van der Waals surface area contributed by atoms with Gasteiger partial charge in [0.05, 0.1) is 10.4 Å². The molecule has 4 aromatic rings. The maximum Gasteiger partial charge on any atom is 0.268 e. The van der Waals surface area contributed by atoms with Crippen LogP contribution < -0.4 is 4.90 Å². The second-order valence-electron chi connectivity index (χ2n) is 5.92. The highest BCUT2D eigenvalue weighted by Gasteiger charge is 2.20. The lowest BCUT2D eigenvalue weighted by Crippen LogP contribution is -2.26. The molecule has 0 bridgehead atoms. The molecule has 3 nitrogen and oxygen atoms in total. The number of hydrogen-bond donors (Lipinski definition) is 0. The third kappa shape index (κ3) is 2.68. The predicted octanol–water partition coefficient (Wildman–Crippen LogP) is 5.69. The van der Waals surface area contributed by atoms with Crippen molar-refractivity contribution in [1.82, 2.24) is 4.98 Å². The van der Waals surface area contributed by atoms with Crippen LogP contribution in [0.2, 0.25) is 5.15 Å². The Labute approximate surface area is 154 Å². The molecular weight excluding hydrogens is 352 g/mol. The SMILES string of the molecule is Cc1ccccc1N(C)C(=O)c1cc2c(Cl)nc3ccccc3c2s1. The van der Waals surface area contributed by atoms with E-state index >= 15 is 0 Å². The summed E-state index contributed by atoms with van der Waals surface area (Å²) < 4.78 is 0.997. The molecule has 0 radical (unpaired) electrons. The lowest BCUT2D eigenvalue weighted by atomic mass is 10.1. The summed E-state index contributed by atoms with van der Waals surface area (Å²) in [6.07, 6.45) is 0. The molecule has 2 aromatic carbocycles. The van der Waals surface area contributed by atoms with Crippen LogP contribution in [-0.4, -0.2) is 17.9 Å². The molecule has 0 spiro atoms. The van der Waals surface area contributed by atoms with Crippen molar-refractivity contribution in [3.05, 3.63) is 70.2 Å². The molecule has 1 amide bonds. The Morgan fingerprint density at radius 3 is 2.60 bits per heavy atom. The molecule has 0 N–H and O–H groups in total. The van der Waals surface area contributed by atoms with Crippen LogP contribution in [0.3, 0.4) is 0 Å². The van der Waals surface area contributed by atoms with Gasteiger partial charge in [-0.2, -0.15) is 0 Å². The number of carbonyl (C=O) groups is 1. The van der Waals surface area contributed by atoms with E-state index in [2.05, 4.69) is 4.98 Å². The summed E-state index contributed by atoms with van der Waals surface area (Å²) in [5.41, 5.74) is 2.80. The Bertz CT molecular complexity index is 1120. The topological polar surface area (TPSA) is 33.2 Å². The molecule has 2 heterocycles. The summed E-state index contributed by atoms with van der Waals surface area (Å²) >= 11 is 7.81. The third-order valence-electron chi connectivity index (χ3n) is 4.31. The number of amides is 1. The van der Waals surface area contributed by atoms with E-state index in [1.165, 1.54) is 11.3 Å². The van der Waals surface area contributed by atoms with E-state index in [0.29, 0.717) is 10.0 Å². The molecule has 0 atom stereocenters. The standard InChI is InChI=1S/C20H15ClN2OS/c1-12-7-3-6-10-16(12)23(2)20(24)17-11-14-18(25-17)13-8-4-5-9-15(13)22-19(14)21/h3-11H,1-2H3. The molecule has 124 valence electrons. The van der Waals surface area contributed by atoms with Gasteiger partial charge < -0.3 is 4.90 Å². The zero-order valence-electron chi connectivity index (χ0n) is 13.8. The number of aromatic nitrogens is 1. The Hall–Kier alpha value is -2.43. The first-order chi connectivity index (χ1) is 12.1. The lowest BCUT2D eigenvalue weighted by molar-refractivity contribution is 0.0997. The third-order valence-corrected chi connectivity index (χ3v) is 5.76. The van der Waals surface area contributed by atoms with E-state index in [9.17, 15) is 4.79 Å². The first-order valence-electron chi connectivity index (χ1n) is 7.88. The highest BCUT2D eigenvalue weighted by molar-refractivity contribution is 7.22. The Balaban J connectivity index is 1.84. The molecule has 0 aliphatic rings. The zero-order valence-corrected chi connectivity index (χ0v) is 15.4. The van der Waals surface area contributed by atoms with Gasteiger partial charge in [-0.05, 0) is 30.7 Å². The normalized spacial score (nSPS) is 11.2. The number of aryl methyl sites for hydroxylation is 1. The highest BCUT2D eigenvalue weighted by atomic mass is 35.5. The van der Waals surface area contributed by atoms with E-state index in [-0.39, 0.29) is 5.91 Å². The minimum absolute atomic E-state index is 0.0457. The molecule has 4 rings (SSSR count). The first-order valence-corrected chi connectivity index (χ1v) is 9.07. The van der Waals surface area contributed by atoms with Crippen LogP contribution in [-0.2, 0) is 0 Å². The van der Waals surface area contributed by atoms with Crippen molar-refractivity contribution in [3.63, 3.8) is 0 Å². The van der Waals surface area contributed by atoms with Gasteiger partial charge in [0.25, 0.3) is 5.91 Å². The van der Waals surface area contributed by atoms with Gasteiger partial charge in [-0.25, -0.2) is 4.98 Å². The molecule has 0 fully saturated rings. The summed E-state index contributed by atoms with van der Waals surface area (Å²) in [7, 11) is 1.80.